The van der Waals surface area contributed by atoms with Crippen LogP contribution < -0.4 is 10.6 Å². The Morgan fingerprint density at radius 2 is 2.00 bits per heavy atom. The van der Waals surface area contributed by atoms with Gasteiger partial charge < -0.3 is 15.4 Å². The summed E-state index contributed by atoms with van der Waals surface area (Å²) < 4.78 is 5.30. The first-order valence-corrected chi connectivity index (χ1v) is 6.26. The molecule has 0 radical (unpaired) electrons. The summed E-state index contributed by atoms with van der Waals surface area (Å²) in [5.41, 5.74) is 0. The van der Waals surface area contributed by atoms with E-state index in [0.29, 0.717) is 0 Å². The highest BCUT2D eigenvalue weighted by atomic mass is 16.5. The highest BCUT2D eigenvalue weighted by Gasteiger charge is 2.12. The van der Waals surface area contributed by atoms with E-state index in [0.717, 1.165) is 51.6 Å². The Balaban J connectivity index is 1.93. The molecule has 0 aromatic heterocycles. The van der Waals surface area contributed by atoms with Crippen molar-refractivity contribution >= 4 is 5.91 Å². The fraction of sp³-hybridized carbons (Fsp3) is 0.917. The Morgan fingerprint density at radius 3 is 2.62 bits per heavy atom. The molecule has 1 aliphatic rings. The summed E-state index contributed by atoms with van der Waals surface area (Å²) >= 11 is 0. The molecule has 0 bridgehead atoms. The molecular weight excluding hydrogens is 204 g/mol. The Labute approximate surface area is 98.1 Å². The lowest BCUT2D eigenvalue weighted by atomic mass is 10.0. The predicted molar refractivity (Wildman–Crippen MR) is 64.3 cm³/mol. The molecule has 0 aromatic rings. The van der Waals surface area contributed by atoms with Crippen LogP contribution in [0.1, 0.15) is 26.7 Å². The average molecular weight is 228 g/mol. The Hall–Kier alpha value is -0.610. The molecule has 1 rings (SSSR count). The van der Waals surface area contributed by atoms with Gasteiger partial charge in [-0.2, -0.15) is 0 Å². The van der Waals surface area contributed by atoms with Gasteiger partial charge in [0, 0.05) is 32.2 Å². The third-order valence-electron chi connectivity index (χ3n) is 2.90. The van der Waals surface area contributed by atoms with E-state index in [1.54, 1.807) is 0 Å². The predicted octanol–water partition coefficient (Wildman–Crippen LogP) is 0.775. The minimum atomic E-state index is 0.0792. The van der Waals surface area contributed by atoms with Crippen molar-refractivity contribution in [2.75, 3.05) is 32.8 Å². The summed E-state index contributed by atoms with van der Waals surface area (Å²) in [4.78, 5) is 11.3. The second-order valence-electron chi connectivity index (χ2n) is 4.71. The van der Waals surface area contributed by atoms with Gasteiger partial charge in [0.15, 0.2) is 0 Å². The Kier molecular flexibility index (Phi) is 6.42. The van der Waals surface area contributed by atoms with Crippen LogP contribution in [0.3, 0.4) is 0 Å². The number of nitrogens with one attached hydrogen (secondary N) is 2. The van der Waals surface area contributed by atoms with Crippen molar-refractivity contribution in [3.63, 3.8) is 0 Å². The quantitative estimate of drug-likeness (QED) is 0.660. The molecule has 1 fully saturated rings. The molecule has 1 saturated heterocycles. The number of amides is 1. The molecule has 0 spiro atoms. The molecule has 94 valence electrons. The first-order valence-electron chi connectivity index (χ1n) is 6.26. The average Bonchev–Trinajstić information content (AvgIpc) is 2.29. The Bertz CT molecular complexity index is 201. The number of hydrogen-bond acceptors (Lipinski definition) is 3. The summed E-state index contributed by atoms with van der Waals surface area (Å²) in [7, 11) is 0. The van der Waals surface area contributed by atoms with E-state index in [4.69, 9.17) is 4.74 Å². The molecule has 0 saturated carbocycles. The molecular formula is C12H24N2O2. The van der Waals surface area contributed by atoms with Crippen LogP contribution in [0.25, 0.3) is 0 Å². The maximum atomic E-state index is 11.3. The fourth-order valence-corrected chi connectivity index (χ4v) is 1.73. The zero-order chi connectivity index (χ0) is 11.8. The standard InChI is InChI=1S/C12H24N2O2/c1-10(2)12(15)14-6-5-13-9-11-3-7-16-8-4-11/h10-11,13H,3-9H2,1-2H3,(H,14,15). The molecule has 2 N–H and O–H groups in total. The SMILES string of the molecule is CC(C)C(=O)NCCNCC1CCOCC1. The van der Waals surface area contributed by atoms with Crippen LogP contribution in [0.2, 0.25) is 0 Å². The largest absolute Gasteiger partial charge is 0.381 e. The van der Waals surface area contributed by atoms with Crippen molar-refractivity contribution in [2.45, 2.75) is 26.7 Å². The third kappa shape index (κ3) is 5.47. The minimum absolute atomic E-state index is 0.0792. The van der Waals surface area contributed by atoms with E-state index in [9.17, 15) is 4.79 Å². The van der Waals surface area contributed by atoms with Gasteiger partial charge in [0.1, 0.15) is 0 Å². The van der Waals surface area contributed by atoms with Gasteiger partial charge in [-0.3, -0.25) is 4.79 Å². The Morgan fingerprint density at radius 1 is 1.31 bits per heavy atom. The highest BCUT2D eigenvalue weighted by Crippen LogP contribution is 2.12. The zero-order valence-electron chi connectivity index (χ0n) is 10.4. The fourth-order valence-electron chi connectivity index (χ4n) is 1.73. The normalized spacial score (nSPS) is 17.7. The van der Waals surface area contributed by atoms with Gasteiger partial charge in [-0.25, -0.2) is 0 Å². The van der Waals surface area contributed by atoms with E-state index in [-0.39, 0.29) is 11.8 Å². The summed E-state index contributed by atoms with van der Waals surface area (Å²) in [5, 5.41) is 6.27. The first-order chi connectivity index (χ1) is 7.70. The first kappa shape index (κ1) is 13.5. The van der Waals surface area contributed by atoms with Crippen molar-refractivity contribution in [3.05, 3.63) is 0 Å². The molecule has 0 aromatic carbocycles. The van der Waals surface area contributed by atoms with Crippen LogP contribution in [0, 0.1) is 11.8 Å². The second-order valence-corrected chi connectivity index (χ2v) is 4.71. The molecule has 16 heavy (non-hydrogen) atoms. The monoisotopic (exact) mass is 228 g/mol. The molecule has 0 aliphatic carbocycles. The highest BCUT2D eigenvalue weighted by molar-refractivity contribution is 5.77. The number of rotatable bonds is 6. The smallest absolute Gasteiger partial charge is 0.222 e. The lowest BCUT2D eigenvalue weighted by Crippen LogP contribution is -2.36. The third-order valence-corrected chi connectivity index (χ3v) is 2.90. The number of carbonyl (C=O) groups is 1. The maximum Gasteiger partial charge on any atom is 0.222 e. The lowest BCUT2D eigenvalue weighted by molar-refractivity contribution is -0.123. The summed E-state index contributed by atoms with van der Waals surface area (Å²) in [6.07, 6.45) is 2.32. The van der Waals surface area contributed by atoms with Crippen LogP contribution in [0.5, 0.6) is 0 Å². The van der Waals surface area contributed by atoms with Gasteiger partial charge >= 0.3 is 0 Å². The number of carbonyl (C=O) groups excluding carboxylic acids is 1. The van der Waals surface area contributed by atoms with E-state index in [2.05, 4.69) is 10.6 Å². The molecule has 4 heteroatoms. The van der Waals surface area contributed by atoms with Crippen LogP contribution in [0.4, 0.5) is 0 Å². The van der Waals surface area contributed by atoms with Gasteiger partial charge in [-0.05, 0) is 25.3 Å². The minimum Gasteiger partial charge on any atom is -0.381 e. The van der Waals surface area contributed by atoms with E-state index in [1.165, 1.54) is 0 Å². The zero-order valence-corrected chi connectivity index (χ0v) is 10.4. The molecule has 4 nitrogen and oxygen atoms in total. The topological polar surface area (TPSA) is 50.4 Å². The van der Waals surface area contributed by atoms with Gasteiger partial charge in [0.05, 0.1) is 0 Å². The van der Waals surface area contributed by atoms with E-state index in [1.807, 2.05) is 13.8 Å². The van der Waals surface area contributed by atoms with Crippen molar-refractivity contribution in [1.82, 2.24) is 10.6 Å². The molecule has 1 amide bonds. The van der Waals surface area contributed by atoms with E-state index < -0.39 is 0 Å². The van der Waals surface area contributed by atoms with Gasteiger partial charge in [-0.15, -0.1) is 0 Å². The van der Waals surface area contributed by atoms with Crippen molar-refractivity contribution < 1.29 is 9.53 Å². The van der Waals surface area contributed by atoms with Crippen LogP contribution >= 0.6 is 0 Å². The second kappa shape index (κ2) is 7.63. The van der Waals surface area contributed by atoms with Gasteiger partial charge in [0.25, 0.3) is 0 Å². The van der Waals surface area contributed by atoms with Crippen molar-refractivity contribution in [1.29, 1.82) is 0 Å². The van der Waals surface area contributed by atoms with E-state index >= 15 is 0 Å². The van der Waals surface area contributed by atoms with Crippen LogP contribution in [-0.2, 0) is 9.53 Å². The lowest BCUT2D eigenvalue weighted by Gasteiger charge is -2.22. The molecule has 1 heterocycles. The van der Waals surface area contributed by atoms with Crippen LogP contribution in [-0.4, -0.2) is 38.8 Å². The molecule has 0 atom stereocenters. The van der Waals surface area contributed by atoms with Gasteiger partial charge in [0.2, 0.25) is 5.91 Å². The molecule has 0 unspecified atom stereocenters. The summed E-state index contributed by atoms with van der Waals surface area (Å²) in [6, 6.07) is 0. The van der Waals surface area contributed by atoms with Gasteiger partial charge in [-0.1, -0.05) is 13.8 Å². The van der Waals surface area contributed by atoms with Crippen molar-refractivity contribution in [3.8, 4) is 0 Å². The summed E-state index contributed by atoms with van der Waals surface area (Å²) in [6.45, 7) is 8.24. The molecule has 1 aliphatic heterocycles. The summed E-state index contributed by atoms with van der Waals surface area (Å²) in [5.74, 6) is 0.956. The number of ether oxygens (including phenoxy) is 1. The maximum absolute atomic E-state index is 11.3. The number of hydrogen-bond donors (Lipinski definition) is 2. The van der Waals surface area contributed by atoms with Crippen LogP contribution in [0.15, 0.2) is 0 Å². The van der Waals surface area contributed by atoms with Crippen molar-refractivity contribution in [2.24, 2.45) is 11.8 Å².